The first kappa shape index (κ1) is 16.7. The maximum absolute atomic E-state index is 12.8. The molecule has 2 aromatic rings. The topological polar surface area (TPSA) is 104 Å². The van der Waals surface area contributed by atoms with Gasteiger partial charge < -0.3 is 9.47 Å². The number of hydrogen-bond acceptors (Lipinski definition) is 6. The SMILES string of the molecule is Cc1nc(S(=O)(=O)N2CCc3c(nc(N(C)C)[nH]c3=O)C2)cn1C. The monoisotopic (exact) mass is 352 g/mol. The summed E-state index contributed by atoms with van der Waals surface area (Å²) in [5.74, 6) is 1.03. The second-order valence-electron chi connectivity index (χ2n) is 6.04. The van der Waals surface area contributed by atoms with Crippen LogP contribution in [0.3, 0.4) is 0 Å². The second-order valence-corrected chi connectivity index (χ2v) is 7.92. The highest BCUT2D eigenvalue weighted by Gasteiger charge is 2.32. The molecule has 0 saturated carbocycles. The van der Waals surface area contributed by atoms with Crippen molar-refractivity contribution in [2.75, 3.05) is 25.5 Å². The molecule has 0 radical (unpaired) electrons. The lowest BCUT2D eigenvalue weighted by atomic mass is 10.1. The predicted octanol–water partition coefficient (Wildman–Crippen LogP) is -0.375. The Bertz CT molecular complexity index is 924. The number of H-pyrrole nitrogens is 1. The van der Waals surface area contributed by atoms with E-state index in [1.165, 1.54) is 10.5 Å². The quantitative estimate of drug-likeness (QED) is 0.808. The molecule has 0 unspecified atom stereocenters. The minimum atomic E-state index is -3.72. The van der Waals surface area contributed by atoms with Crippen molar-refractivity contribution in [1.82, 2.24) is 23.8 Å². The molecule has 1 aliphatic rings. The molecule has 1 aliphatic heterocycles. The van der Waals surface area contributed by atoms with Gasteiger partial charge in [0.15, 0.2) is 5.03 Å². The van der Waals surface area contributed by atoms with Crippen LogP contribution >= 0.6 is 0 Å². The van der Waals surface area contributed by atoms with E-state index in [1.807, 2.05) is 0 Å². The van der Waals surface area contributed by atoms with Gasteiger partial charge in [0.2, 0.25) is 5.95 Å². The van der Waals surface area contributed by atoms with E-state index in [-0.39, 0.29) is 23.7 Å². The summed E-state index contributed by atoms with van der Waals surface area (Å²) in [4.78, 5) is 25.0. The van der Waals surface area contributed by atoms with Gasteiger partial charge in [-0.2, -0.15) is 4.31 Å². The second kappa shape index (κ2) is 5.71. The van der Waals surface area contributed by atoms with Crippen LogP contribution in [0.2, 0.25) is 0 Å². The summed E-state index contributed by atoms with van der Waals surface area (Å²) in [5.41, 5.74) is 0.823. The zero-order valence-corrected chi connectivity index (χ0v) is 14.9. The van der Waals surface area contributed by atoms with Crippen molar-refractivity contribution in [1.29, 1.82) is 0 Å². The summed E-state index contributed by atoms with van der Waals surface area (Å²) < 4.78 is 28.6. The van der Waals surface area contributed by atoms with Crippen LogP contribution in [0.5, 0.6) is 0 Å². The van der Waals surface area contributed by atoms with E-state index in [4.69, 9.17) is 0 Å². The summed E-state index contributed by atoms with van der Waals surface area (Å²) >= 11 is 0. The molecule has 2 aromatic heterocycles. The molecule has 24 heavy (non-hydrogen) atoms. The Kier molecular flexibility index (Phi) is 3.96. The summed E-state index contributed by atoms with van der Waals surface area (Å²) in [5, 5.41) is 0.0172. The van der Waals surface area contributed by atoms with E-state index in [0.717, 1.165) is 0 Å². The molecular formula is C14H20N6O3S. The molecule has 0 amide bonds. The molecule has 0 aromatic carbocycles. The minimum Gasteiger partial charge on any atom is -0.348 e. The van der Waals surface area contributed by atoms with Gasteiger partial charge in [-0.3, -0.25) is 9.78 Å². The van der Waals surface area contributed by atoms with Crippen LogP contribution in [-0.2, 0) is 30.0 Å². The summed E-state index contributed by atoms with van der Waals surface area (Å²) in [6.45, 7) is 2.05. The fourth-order valence-corrected chi connectivity index (χ4v) is 4.03. The lowest BCUT2D eigenvalue weighted by molar-refractivity contribution is 0.382. The normalized spacial score (nSPS) is 15.3. The highest BCUT2D eigenvalue weighted by atomic mass is 32.2. The number of sulfonamides is 1. The maximum Gasteiger partial charge on any atom is 0.262 e. The average molecular weight is 352 g/mol. The van der Waals surface area contributed by atoms with Crippen molar-refractivity contribution in [3.63, 3.8) is 0 Å². The standard InChI is InChI=1S/C14H20N6O3S/c1-9-15-12(8-19(9)4)24(22,23)20-6-5-10-11(7-20)16-14(18(2)3)17-13(10)21/h8H,5-7H2,1-4H3,(H,16,17,21). The Morgan fingerprint density at radius 1 is 1.29 bits per heavy atom. The van der Waals surface area contributed by atoms with Gasteiger partial charge in [0, 0.05) is 39.4 Å². The van der Waals surface area contributed by atoms with Crippen molar-refractivity contribution in [2.45, 2.75) is 24.9 Å². The third-order valence-electron chi connectivity index (χ3n) is 4.14. The van der Waals surface area contributed by atoms with Crippen LogP contribution in [0, 0.1) is 6.92 Å². The Labute approximate surface area is 140 Å². The number of hydrogen-bond donors (Lipinski definition) is 1. The number of nitrogens with one attached hydrogen (secondary N) is 1. The van der Waals surface area contributed by atoms with Crippen LogP contribution in [0.15, 0.2) is 16.0 Å². The largest absolute Gasteiger partial charge is 0.348 e. The zero-order chi connectivity index (χ0) is 17.6. The Morgan fingerprint density at radius 3 is 2.58 bits per heavy atom. The highest BCUT2D eigenvalue weighted by Crippen LogP contribution is 2.22. The van der Waals surface area contributed by atoms with Crippen molar-refractivity contribution < 1.29 is 8.42 Å². The molecule has 10 heteroatoms. The summed E-state index contributed by atoms with van der Waals surface area (Å²) in [6, 6.07) is 0. The van der Waals surface area contributed by atoms with Gasteiger partial charge in [-0.25, -0.2) is 18.4 Å². The van der Waals surface area contributed by atoms with Gasteiger partial charge in [-0.05, 0) is 13.3 Å². The first-order valence-corrected chi connectivity index (χ1v) is 8.93. The molecular weight excluding hydrogens is 332 g/mol. The molecule has 3 rings (SSSR count). The van der Waals surface area contributed by atoms with Crippen LogP contribution in [-0.4, -0.2) is 52.9 Å². The Hall–Kier alpha value is -2.20. The number of anilines is 1. The number of nitrogens with zero attached hydrogens (tertiary/aromatic N) is 5. The number of fused-ring (bicyclic) bond motifs is 1. The van der Waals surface area contributed by atoms with E-state index in [1.54, 1.807) is 37.5 Å². The molecule has 0 atom stereocenters. The number of aryl methyl sites for hydroxylation is 2. The van der Waals surface area contributed by atoms with Crippen molar-refractivity contribution in [3.8, 4) is 0 Å². The first-order chi connectivity index (χ1) is 11.2. The van der Waals surface area contributed by atoms with Gasteiger partial charge in [0.1, 0.15) is 5.82 Å². The molecule has 1 N–H and O–H groups in total. The van der Waals surface area contributed by atoms with Crippen LogP contribution in [0.1, 0.15) is 17.1 Å². The van der Waals surface area contributed by atoms with Gasteiger partial charge in [-0.15, -0.1) is 0 Å². The van der Waals surface area contributed by atoms with Gasteiger partial charge >= 0.3 is 0 Å². The maximum atomic E-state index is 12.8. The van der Waals surface area contributed by atoms with Crippen molar-refractivity contribution in [3.05, 3.63) is 33.6 Å². The van der Waals surface area contributed by atoms with E-state index < -0.39 is 10.0 Å². The van der Waals surface area contributed by atoms with Crippen molar-refractivity contribution in [2.24, 2.45) is 7.05 Å². The molecule has 0 aliphatic carbocycles. The van der Waals surface area contributed by atoms with E-state index in [0.29, 0.717) is 29.5 Å². The number of aromatic amines is 1. The lowest BCUT2D eigenvalue weighted by Gasteiger charge is -2.26. The van der Waals surface area contributed by atoms with E-state index in [2.05, 4.69) is 15.0 Å². The zero-order valence-electron chi connectivity index (χ0n) is 14.1. The van der Waals surface area contributed by atoms with Gasteiger partial charge in [0.05, 0.1) is 12.2 Å². The Balaban J connectivity index is 1.98. The van der Waals surface area contributed by atoms with E-state index >= 15 is 0 Å². The third kappa shape index (κ3) is 2.71. The van der Waals surface area contributed by atoms with Crippen LogP contribution in [0.25, 0.3) is 0 Å². The molecule has 0 saturated heterocycles. The molecule has 3 heterocycles. The first-order valence-electron chi connectivity index (χ1n) is 7.49. The lowest BCUT2D eigenvalue weighted by Crippen LogP contribution is -2.39. The summed E-state index contributed by atoms with van der Waals surface area (Å²) in [7, 11) is 1.56. The van der Waals surface area contributed by atoms with Crippen molar-refractivity contribution >= 4 is 16.0 Å². The van der Waals surface area contributed by atoms with Crippen LogP contribution in [0.4, 0.5) is 5.95 Å². The minimum absolute atomic E-state index is 0.0172. The fourth-order valence-electron chi connectivity index (χ4n) is 2.60. The smallest absolute Gasteiger partial charge is 0.262 e. The third-order valence-corrected chi connectivity index (χ3v) is 5.86. The predicted molar refractivity (Wildman–Crippen MR) is 88.4 cm³/mol. The molecule has 9 nitrogen and oxygen atoms in total. The fraction of sp³-hybridized carbons (Fsp3) is 0.500. The van der Waals surface area contributed by atoms with Gasteiger partial charge in [0.25, 0.3) is 15.6 Å². The molecule has 0 spiro atoms. The number of rotatable bonds is 3. The Morgan fingerprint density at radius 2 is 2.00 bits per heavy atom. The summed E-state index contributed by atoms with van der Waals surface area (Å²) in [6.07, 6.45) is 1.83. The van der Waals surface area contributed by atoms with Gasteiger partial charge in [-0.1, -0.05) is 0 Å². The highest BCUT2D eigenvalue weighted by molar-refractivity contribution is 7.89. The average Bonchev–Trinajstić information content (AvgIpc) is 2.86. The van der Waals surface area contributed by atoms with E-state index in [9.17, 15) is 13.2 Å². The van der Waals surface area contributed by atoms with Crippen LogP contribution < -0.4 is 10.5 Å². The number of imidazole rings is 1. The molecule has 0 bridgehead atoms. The molecule has 130 valence electrons. The number of aromatic nitrogens is 4. The molecule has 0 fully saturated rings.